The van der Waals surface area contributed by atoms with Gasteiger partial charge in [-0.2, -0.15) is 0 Å². The molecule has 29 heavy (non-hydrogen) atoms. The van der Waals surface area contributed by atoms with Gasteiger partial charge in [0.25, 0.3) is 0 Å². The minimum atomic E-state index is -2.98. The Bertz CT molecular complexity index is 982. The second-order valence-corrected chi connectivity index (χ2v) is 11.2. The molecule has 3 rings (SSSR count). The summed E-state index contributed by atoms with van der Waals surface area (Å²) in [6, 6.07) is 10.7. The Morgan fingerprint density at radius 3 is 2.41 bits per heavy atom. The van der Waals surface area contributed by atoms with Crippen molar-refractivity contribution in [1.29, 1.82) is 0 Å². The fourth-order valence-electron chi connectivity index (χ4n) is 3.22. The fourth-order valence-corrected chi connectivity index (χ4v) is 7.29. The maximum absolute atomic E-state index is 13.1. The summed E-state index contributed by atoms with van der Waals surface area (Å²) in [6.45, 7) is 9.63. The number of benzene rings is 2. The summed E-state index contributed by atoms with van der Waals surface area (Å²) >= 11 is 18.3. The Hall–Kier alpha value is -1.30. The van der Waals surface area contributed by atoms with E-state index in [1.807, 2.05) is 32.0 Å². The summed E-state index contributed by atoms with van der Waals surface area (Å²) in [4.78, 5) is 15.2. The van der Waals surface area contributed by atoms with Crippen LogP contribution in [-0.2, 0) is 16.3 Å². The van der Waals surface area contributed by atoms with Crippen LogP contribution in [0, 0.1) is 0 Å². The minimum absolute atomic E-state index is 0.188. The molecule has 0 radical (unpaired) electrons. The molecule has 156 valence electrons. The number of anilines is 2. The smallest absolute Gasteiger partial charge is 0.409 e. The Morgan fingerprint density at radius 2 is 1.83 bits per heavy atom. The molecule has 0 N–H and O–H groups in total. The number of rotatable bonds is 6. The Kier molecular flexibility index (Phi) is 6.81. The molecule has 1 amide bonds. The van der Waals surface area contributed by atoms with E-state index in [-0.39, 0.29) is 6.10 Å². The third kappa shape index (κ3) is 4.28. The highest BCUT2D eigenvalue weighted by Gasteiger charge is 2.43. The highest BCUT2D eigenvalue weighted by Crippen LogP contribution is 2.58. The van der Waals surface area contributed by atoms with E-state index in [1.165, 1.54) is 4.67 Å². The van der Waals surface area contributed by atoms with Crippen LogP contribution in [0.25, 0.3) is 0 Å². The molecule has 0 unspecified atom stereocenters. The van der Waals surface area contributed by atoms with E-state index in [0.29, 0.717) is 26.8 Å². The van der Waals surface area contributed by atoms with Gasteiger partial charge in [0.15, 0.2) is 6.42 Å². The number of ether oxygens (including phenoxy) is 1. The molecule has 1 atom stereocenters. The monoisotopic (exact) mass is 472 g/mol. The third-order valence-corrected chi connectivity index (χ3v) is 9.20. The Morgan fingerprint density at radius 1 is 1.14 bits per heavy atom. The minimum Gasteiger partial charge on any atom is -0.409 e. The quantitative estimate of drug-likeness (QED) is 0.466. The lowest BCUT2D eigenvalue weighted by molar-refractivity contribution is 0.208. The first-order valence-electron chi connectivity index (χ1n) is 9.36. The number of hydrogen-bond donors (Lipinski definition) is 0. The van der Waals surface area contributed by atoms with E-state index < -0.39 is 12.5 Å². The van der Waals surface area contributed by atoms with Crippen molar-refractivity contribution in [3.63, 3.8) is 0 Å². The zero-order chi connectivity index (χ0) is 21.3. The molecule has 1 heterocycles. The van der Waals surface area contributed by atoms with Crippen LogP contribution in [0.4, 0.5) is 16.2 Å². The molecule has 1 aliphatic heterocycles. The van der Waals surface area contributed by atoms with Crippen molar-refractivity contribution in [3.8, 4) is 5.75 Å². The molecule has 1 aliphatic rings. The van der Waals surface area contributed by atoms with Crippen LogP contribution < -0.4 is 19.6 Å². The van der Waals surface area contributed by atoms with Crippen molar-refractivity contribution in [1.82, 2.24) is 0 Å². The predicted octanol–water partition coefficient (Wildman–Crippen LogP) is 6.22. The summed E-state index contributed by atoms with van der Waals surface area (Å²) in [7, 11) is 0. The van der Waals surface area contributed by atoms with E-state index in [0.717, 1.165) is 18.8 Å². The van der Waals surface area contributed by atoms with Crippen molar-refractivity contribution in [2.24, 2.45) is 0 Å². The van der Waals surface area contributed by atoms with Gasteiger partial charge in [-0.1, -0.05) is 23.2 Å². The average molecular weight is 473 g/mol. The number of fused-ring (bicyclic) bond motifs is 1. The second-order valence-electron chi connectivity index (χ2n) is 6.78. The standard InChI is InChI=1S/C20H23Cl2N2O3PS/c1-5-23(6-2)14-8-10-19-18(12-14)26-20(25)24(28(19,29)27-13(3)4)15-7-9-16(21)17(22)11-15/h7-13H,5-6H2,1-4H3/t28-/m1/s1. The van der Waals surface area contributed by atoms with Gasteiger partial charge in [0.2, 0.25) is 0 Å². The SMILES string of the molecule is CCN(CC)c1ccc2c(c1)OC(=O)N(c1ccc(Cl)c(Cl)c1)[P@@]2(=S)OC(C)C. The lowest BCUT2D eigenvalue weighted by Crippen LogP contribution is -2.41. The molecular formula is C20H23Cl2N2O3PS. The van der Waals surface area contributed by atoms with E-state index in [9.17, 15) is 4.79 Å². The Balaban J connectivity index is 2.17. The molecule has 0 fully saturated rings. The van der Waals surface area contributed by atoms with Crippen molar-refractivity contribution >= 4 is 64.2 Å². The van der Waals surface area contributed by atoms with Gasteiger partial charge in [0.05, 0.1) is 27.1 Å². The molecule has 9 heteroatoms. The van der Waals surface area contributed by atoms with Gasteiger partial charge in [0.1, 0.15) is 5.75 Å². The maximum atomic E-state index is 13.1. The highest BCUT2D eigenvalue weighted by atomic mass is 35.5. The van der Waals surface area contributed by atoms with Gasteiger partial charge in [-0.05, 0) is 69.8 Å². The molecule has 0 aromatic heterocycles. The second kappa shape index (κ2) is 8.83. The van der Waals surface area contributed by atoms with E-state index in [2.05, 4.69) is 18.7 Å². The van der Waals surface area contributed by atoms with Gasteiger partial charge < -0.3 is 14.2 Å². The van der Waals surface area contributed by atoms with Crippen molar-refractivity contribution in [2.45, 2.75) is 33.8 Å². The summed E-state index contributed by atoms with van der Waals surface area (Å²) in [6.07, 6.45) is -3.75. The fraction of sp³-hybridized carbons (Fsp3) is 0.350. The zero-order valence-electron chi connectivity index (χ0n) is 16.7. The summed E-state index contributed by atoms with van der Waals surface area (Å²) < 4.78 is 13.3. The Labute approximate surface area is 186 Å². The normalized spacial score (nSPS) is 18.6. The van der Waals surface area contributed by atoms with Crippen LogP contribution in [-0.4, -0.2) is 25.3 Å². The van der Waals surface area contributed by atoms with Crippen LogP contribution in [0.2, 0.25) is 10.0 Å². The lowest BCUT2D eigenvalue weighted by Gasteiger charge is -2.39. The predicted molar refractivity (Wildman–Crippen MR) is 125 cm³/mol. The van der Waals surface area contributed by atoms with Crippen LogP contribution >= 0.6 is 29.6 Å². The van der Waals surface area contributed by atoms with Crippen LogP contribution in [0.15, 0.2) is 36.4 Å². The molecular weight excluding hydrogens is 450 g/mol. The maximum Gasteiger partial charge on any atom is 0.425 e. The van der Waals surface area contributed by atoms with Gasteiger partial charge in [-0.3, -0.25) is 0 Å². The van der Waals surface area contributed by atoms with Gasteiger partial charge >= 0.3 is 6.09 Å². The van der Waals surface area contributed by atoms with Gasteiger partial charge in [-0.15, -0.1) is 0 Å². The molecule has 2 aromatic carbocycles. The lowest BCUT2D eigenvalue weighted by atomic mass is 10.2. The summed E-state index contributed by atoms with van der Waals surface area (Å²) in [5.41, 5.74) is 1.46. The third-order valence-electron chi connectivity index (χ3n) is 4.51. The van der Waals surface area contributed by atoms with Gasteiger partial charge in [-0.25, -0.2) is 9.46 Å². The average Bonchev–Trinajstić information content (AvgIpc) is 2.64. The number of hydrogen-bond acceptors (Lipinski definition) is 5. The molecule has 5 nitrogen and oxygen atoms in total. The number of carbonyl (C=O) groups is 1. The largest absolute Gasteiger partial charge is 0.425 e. The number of halogens is 2. The van der Waals surface area contributed by atoms with Crippen LogP contribution in [0.1, 0.15) is 27.7 Å². The van der Waals surface area contributed by atoms with Gasteiger partial charge in [0, 0.05) is 24.8 Å². The van der Waals surface area contributed by atoms with E-state index in [1.54, 1.807) is 18.2 Å². The highest BCUT2D eigenvalue weighted by molar-refractivity contribution is 8.17. The van der Waals surface area contributed by atoms with Crippen molar-refractivity contribution < 1.29 is 14.1 Å². The number of nitrogens with zero attached hydrogens (tertiary/aromatic N) is 2. The van der Waals surface area contributed by atoms with Crippen LogP contribution in [0.5, 0.6) is 5.75 Å². The molecule has 0 saturated heterocycles. The summed E-state index contributed by atoms with van der Waals surface area (Å²) in [5, 5.41) is 1.41. The first-order chi connectivity index (χ1) is 13.7. The molecule has 0 spiro atoms. The van der Waals surface area contributed by atoms with E-state index in [4.69, 9.17) is 44.3 Å². The van der Waals surface area contributed by atoms with Crippen molar-refractivity contribution in [3.05, 3.63) is 46.4 Å². The zero-order valence-corrected chi connectivity index (χ0v) is 19.9. The van der Waals surface area contributed by atoms with Crippen molar-refractivity contribution in [2.75, 3.05) is 22.7 Å². The first-order valence-corrected chi connectivity index (χ1v) is 12.8. The first kappa shape index (κ1) is 22.4. The molecule has 0 bridgehead atoms. The van der Waals surface area contributed by atoms with Crippen LogP contribution in [0.3, 0.4) is 0 Å². The summed E-state index contributed by atoms with van der Waals surface area (Å²) in [5.74, 6) is 0.444. The molecule has 0 saturated carbocycles. The number of carbonyl (C=O) groups excluding carboxylic acids is 1. The number of amides is 1. The molecule has 0 aliphatic carbocycles. The van der Waals surface area contributed by atoms with E-state index >= 15 is 0 Å². The molecule has 2 aromatic rings. The topological polar surface area (TPSA) is 42.0 Å².